The van der Waals surface area contributed by atoms with Gasteiger partial charge in [-0.15, -0.1) is 0 Å². The Morgan fingerprint density at radius 1 is 1.14 bits per heavy atom. The van der Waals surface area contributed by atoms with Gasteiger partial charge in [-0.25, -0.2) is 0 Å². The molecule has 6 heteroatoms. The number of aromatic nitrogens is 2. The van der Waals surface area contributed by atoms with Crippen molar-refractivity contribution in [3.63, 3.8) is 0 Å². The lowest BCUT2D eigenvalue weighted by Gasteiger charge is -2.38. The third-order valence-corrected chi connectivity index (χ3v) is 4.96. The molecular weight excluding hydrogens is 270 g/mol. The Hall–Kier alpha value is -0.980. The van der Waals surface area contributed by atoms with Crippen LogP contribution < -0.4 is 0 Å². The monoisotopic (exact) mass is 293 g/mol. The predicted octanol–water partition coefficient (Wildman–Crippen LogP) is 2.06. The molecule has 2 heterocycles. The average Bonchev–Trinajstić information content (AvgIpc) is 3.09. The van der Waals surface area contributed by atoms with E-state index >= 15 is 0 Å². The molecule has 2 aliphatic carbocycles. The van der Waals surface area contributed by atoms with E-state index in [9.17, 15) is 0 Å². The summed E-state index contributed by atoms with van der Waals surface area (Å²) in [5.41, 5.74) is 0. The molecular formula is C15H23N3O3. The zero-order valence-corrected chi connectivity index (χ0v) is 12.6. The van der Waals surface area contributed by atoms with E-state index in [4.69, 9.17) is 14.0 Å². The molecule has 0 unspecified atom stereocenters. The van der Waals surface area contributed by atoms with Crippen molar-refractivity contribution in [1.82, 2.24) is 15.0 Å². The van der Waals surface area contributed by atoms with Crippen LogP contribution in [0.25, 0.3) is 0 Å². The topological polar surface area (TPSA) is 60.6 Å². The molecule has 21 heavy (non-hydrogen) atoms. The zero-order chi connectivity index (χ0) is 14.3. The summed E-state index contributed by atoms with van der Waals surface area (Å²) in [5, 5.41) is 4.11. The number of ether oxygens (including phenoxy) is 2. The maximum absolute atomic E-state index is 5.78. The standard InChI is InChI=1S/C15H23N3O3/c1-18(10-13-16-14(21-17-13)11-2-3-11)12-4-6-15(7-5-12)19-8-9-20-15/h11-12H,2-10H2,1H3. The van der Waals surface area contributed by atoms with Crippen LogP contribution in [0.2, 0.25) is 0 Å². The van der Waals surface area contributed by atoms with Crippen LogP contribution in [0.15, 0.2) is 4.52 Å². The van der Waals surface area contributed by atoms with E-state index in [1.807, 2.05) is 0 Å². The van der Waals surface area contributed by atoms with E-state index in [1.54, 1.807) is 0 Å². The van der Waals surface area contributed by atoms with Crippen molar-refractivity contribution < 1.29 is 14.0 Å². The molecule has 116 valence electrons. The molecule has 0 bridgehead atoms. The Labute approximate surface area is 124 Å². The highest BCUT2D eigenvalue weighted by Gasteiger charge is 2.41. The fourth-order valence-corrected chi connectivity index (χ4v) is 3.45. The highest BCUT2D eigenvalue weighted by molar-refractivity contribution is 5.01. The fourth-order valence-electron chi connectivity index (χ4n) is 3.45. The van der Waals surface area contributed by atoms with Crippen LogP contribution in [0.3, 0.4) is 0 Å². The molecule has 1 aromatic heterocycles. The summed E-state index contributed by atoms with van der Waals surface area (Å²) < 4.78 is 16.9. The second kappa shape index (κ2) is 5.34. The summed E-state index contributed by atoms with van der Waals surface area (Å²) >= 11 is 0. The van der Waals surface area contributed by atoms with Crippen LogP contribution in [-0.4, -0.2) is 47.1 Å². The Balaban J connectivity index is 1.31. The smallest absolute Gasteiger partial charge is 0.229 e. The Morgan fingerprint density at radius 2 is 1.86 bits per heavy atom. The highest BCUT2D eigenvalue weighted by atomic mass is 16.7. The van der Waals surface area contributed by atoms with Crippen molar-refractivity contribution in [2.45, 2.75) is 62.8 Å². The molecule has 2 saturated carbocycles. The average molecular weight is 293 g/mol. The SMILES string of the molecule is CN(Cc1noc(C2CC2)n1)C1CCC2(CC1)OCCO2. The Morgan fingerprint density at radius 3 is 2.52 bits per heavy atom. The van der Waals surface area contributed by atoms with Crippen molar-refractivity contribution in [2.24, 2.45) is 0 Å². The molecule has 0 atom stereocenters. The van der Waals surface area contributed by atoms with Crippen molar-refractivity contribution in [3.8, 4) is 0 Å². The van der Waals surface area contributed by atoms with E-state index < -0.39 is 0 Å². The minimum absolute atomic E-state index is 0.275. The van der Waals surface area contributed by atoms with Crippen LogP contribution in [-0.2, 0) is 16.0 Å². The van der Waals surface area contributed by atoms with Gasteiger partial charge in [-0.3, -0.25) is 4.90 Å². The molecule has 1 spiro atoms. The quantitative estimate of drug-likeness (QED) is 0.847. The molecule has 1 aliphatic heterocycles. The van der Waals surface area contributed by atoms with Crippen molar-refractivity contribution in [3.05, 3.63) is 11.7 Å². The van der Waals surface area contributed by atoms with Crippen LogP contribution in [0, 0.1) is 0 Å². The lowest BCUT2D eigenvalue weighted by molar-refractivity contribution is -0.183. The van der Waals surface area contributed by atoms with Gasteiger partial charge in [-0.2, -0.15) is 4.98 Å². The molecule has 0 N–H and O–H groups in total. The first-order chi connectivity index (χ1) is 10.2. The van der Waals surface area contributed by atoms with Gasteiger partial charge in [0.2, 0.25) is 5.89 Å². The van der Waals surface area contributed by atoms with E-state index in [2.05, 4.69) is 22.1 Å². The number of hydrogen-bond acceptors (Lipinski definition) is 6. The van der Waals surface area contributed by atoms with Crippen LogP contribution in [0.1, 0.15) is 56.2 Å². The summed E-state index contributed by atoms with van der Waals surface area (Å²) in [6, 6.07) is 0.547. The van der Waals surface area contributed by atoms with E-state index in [0.717, 1.165) is 57.2 Å². The lowest BCUT2D eigenvalue weighted by atomic mass is 9.89. The third kappa shape index (κ3) is 2.84. The van der Waals surface area contributed by atoms with Gasteiger partial charge in [-0.1, -0.05) is 5.16 Å². The molecule has 6 nitrogen and oxygen atoms in total. The molecule has 3 aliphatic rings. The van der Waals surface area contributed by atoms with Gasteiger partial charge in [0.25, 0.3) is 0 Å². The minimum atomic E-state index is -0.275. The first kappa shape index (κ1) is 13.7. The van der Waals surface area contributed by atoms with Crippen molar-refractivity contribution in [1.29, 1.82) is 0 Å². The van der Waals surface area contributed by atoms with Crippen molar-refractivity contribution in [2.75, 3.05) is 20.3 Å². The van der Waals surface area contributed by atoms with Gasteiger partial charge in [0.05, 0.1) is 19.8 Å². The van der Waals surface area contributed by atoms with Crippen LogP contribution in [0.4, 0.5) is 0 Å². The largest absolute Gasteiger partial charge is 0.348 e. The lowest BCUT2D eigenvalue weighted by Crippen LogP contribution is -2.42. The van der Waals surface area contributed by atoms with E-state index in [-0.39, 0.29) is 5.79 Å². The number of hydrogen-bond donors (Lipinski definition) is 0. The number of nitrogens with zero attached hydrogens (tertiary/aromatic N) is 3. The van der Waals surface area contributed by atoms with Gasteiger partial charge in [0.1, 0.15) is 0 Å². The van der Waals surface area contributed by atoms with Gasteiger partial charge < -0.3 is 14.0 Å². The normalized spacial score (nSPS) is 26.0. The van der Waals surface area contributed by atoms with Gasteiger partial charge in [0.15, 0.2) is 11.6 Å². The molecule has 3 fully saturated rings. The van der Waals surface area contributed by atoms with Gasteiger partial charge in [-0.05, 0) is 32.7 Å². The maximum Gasteiger partial charge on any atom is 0.229 e. The van der Waals surface area contributed by atoms with Crippen molar-refractivity contribution >= 4 is 0 Å². The molecule has 4 rings (SSSR count). The van der Waals surface area contributed by atoms with Gasteiger partial charge >= 0.3 is 0 Å². The summed E-state index contributed by atoms with van der Waals surface area (Å²) in [5.74, 6) is 1.90. The fraction of sp³-hybridized carbons (Fsp3) is 0.867. The van der Waals surface area contributed by atoms with Gasteiger partial charge in [0, 0.05) is 24.8 Å². The van der Waals surface area contributed by atoms with Crippen LogP contribution >= 0.6 is 0 Å². The minimum Gasteiger partial charge on any atom is -0.348 e. The van der Waals surface area contributed by atoms with E-state index in [1.165, 1.54) is 12.8 Å². The Kier molecular flexibility index (Phi) is 3.47. The highest BCUT2D eigenvalue weighted by Crippen LogP contribution is 2.39. The summed E-state index contributed by atoms with van der Waals surface area (Å²) in [6.45, 7) is 2.25. The maximum atomic E-state index is 5.78. The van der Waals surface area contributed by atoms with E-state index in [0.29, 0.717) is 12.0 Å². The molecule has 1 saturated heterocycles. The molecule has 1 aromatic rings. The third-order valence-electron chi connectivity index (χ3n) is 4.96. The Bertz CT molecular complexity index is 484. The summed E-state index contributed by atoms with van der Waals surface area (Å²) in [7, 11) is 2.15. The zero-order valence-electron chi connectivity index (χ0n) is 12.6. The first-order valence-electron chi connectivity index (χ1n) is 8.05. The second-order valence-electron chi connectivity index (χ2n) is 6.58. The predicted molar refractivity (Wildman–Crippen MR) is 74.6 cm³/mol. The first-order valence-corrected chi connectivity index (χ1v) is 8.05. The molecule has 0 amide bonds. The molecule has 0 radical (unpaired) electrons. The molecule has 0 aromatic carbocycles. The summed E-state index contributed by atoms with van der Waals surface area (Å²) in [6.07, 6.45) is 6.57. The van der Waals surface area contributed by atoms with Crippen LogP contribution in [0.5, 0.6) is 0 Å². The summed E-state index contributed by atoms with van der Waals surface area (Å²) in [4.78, 5) is 6.85. The second-order valence-corrected chi connectivity index (χ2v) is 6.58. The number of rotatable bonds is 4.